The van der Waals surface area contributed by atoms with Gasteiger partial charge < -0.3 is 15.1 Å². The fraction of sp³-hybridized carbons (Fsp3) is 0.438. The van der Waals surface area contributed by atoms with E-state index in [1.54, 1.807) is 0 Å². The zero-order chi connectivity index (χ0) is 14.9. The Labute approximate surface area is 121 Å². The van der Waals surface area contributed by atoms with E-state index in [1.807, 2.05) is 7.05 Å². The highest BCUT2D eigenvalue weighted by atomic mass is 15.1. The third-order valence-electron chi connectivity index (χ3n) is 3.58. The van der Waals surface area contributed by atoms with Crippen LogP contribution in [0.4, 0.5) is 11.4 Å². The van der Waals surface area contributed by atoms with Crippen molar-refractivity contribution >= 4 is 22.3 Å². The molecule has 0 saturated carbocycles. The van der Waals surface area contributed by atoms with Gasteiger partial charge in [-0.1, -0.05) is 12.1 Å². The lowest BCUT2D eigenvalue weighted by molar-refractivity contribution is 0.788. The van der Waals surface area contributed by atoms with E-state index >= 15 is 0 Å². The molecule has 2 rings (SSSR count). The van der Waals surface area contributed by atoms with Crippen molar-refractivity contribution in [2.75, 3.05) is 45.0 Å². The van der Waals surface area contributed by atoms with Crippen LogP contribution in [0.2, 0.25) is 0 Å². The van der Waals surface area contributed by atoms with E-state index in [4.69, 9.17) is 4.98 Å². The number of nitrogens with zero attached hydrogens (tertiary/aromatic N) is 3. The summed E-state index contributed by atoms with van der Waals surface area (Å²) < 4.78 is 0. The second-order valence-electron chi connectivity index (χ2n) is 5.52. The number of pyridine rings is 1. The summed E-state index contributed by atoms with van der Waals surface area (Å²) in [5.74, 6) is 0. The van der Waals surface area contributed by atoms with Crippen LogP contribution in [0.3, 0.4) is 0 Å². The number of aromatic nitrogens is 1. The van der Waals surface area contributed by atoms with Gasteiger partial charge in [-0.15, -0.1) is 0 Å². The molecule has 1 aromatic heterocycles. The van der Waals surface area contributed by atoms with E-state index in [0.29, 0.717) is 0 Å². The minimum Gasteiger partial charge on any atom is -0.377 e. The molecule has 0 radical (unpaired) electrons. The molecule has 0 fully saturated rings. The minimum absolute atomic E-state index is 0.782. The number of rotatable bonds is 4. The normalized spacial score (nSPS) is 10.9. The van der Waals surface area contributed by atoms with Crippen molar-refractivity contribution in [3.05, 3.63) is 29.5 Å². The molecule has 108 valence electrons. The van der Waals surface area contributed by atoms with Gasteiger partial charge in [0, 0.05) is 40.1 Å². The van der Waals surface area contributed by atoms with E-state index in [9.17, 15) is 0 Å². The SMILES string of the molecule is CNCc1nc2c(N(C)C)cccc2c(N(C)C)c1C. The first-order chi connectivity index (χ1) is 9.47. The van der Waals surface area contributed by atoms with Crippen LogP contribution >= 0.6 is 0 Å². The Morgan fingerprint density at radius 3 is 2.35 bits per heavy atom. The van der Waals surface area contributed by atoms with Crippen molar-refractivity contribution < 1.29 is 0 Å². The summed E-state index contributed by atoms with van der Waals surface area (Å²) in [5.41, 5.74) is 5.83. The number of para-hydroxylation sites is 1. The Hall–Kier alpha value is -1.81. The van der Waals surface area contributed by atoms with Crippen molar-refractivity contribution in [1.82, 2.24) is 10.3 Å². The second kappa shape index (κ2) is 5.67. The van der Waals surface area contributed by atoms with E-state index < -0.39 is 0 Å². The number of hydrogen-bond acceptors (Lipinski definition) is 4. The molecule has 0 amide bonds. The highest BCUT2D eigenvalue weighted by molar-refractivity contribution is 6.00. The summed E-state index contributed by atoms with van der Waals surface area (Å²) in [7, 11) is 10.3. The molecule has 0 saturated heterocycles. The average molecular weight is 272 g/mol. The zero-order valence-electron chi connectivity index (χ0n) is 13.3. The van der Waals surface area contributed by atoms with Crippen LogP contribution in [0.5, 0.6) is 0 Å². The fourth-order valence-corrected chi connectivity index (χ4v) is 2.67. The van der Waals surface area contributed by atoms with Gasteiger partial charge in [-0.05, 0) is 25.6 Å². The van der Waals surface area contributed by atoms with Crippen LogP contribution in [0.25, 0.3) is 10.9 Å². The number of anilines is 2. The Morgan fingerprint density at radius 1 is 1.10 bits per heavy atom. The van der Waals surface area contributed by atoms with Crippen LogP contribution in [-0.4, -0.2) is 40.2 Å². The maximum Gasteiger partial charge on any atom is 0.0960 e. The van der Waals surface area contributed by atoms with Gasteiger partial charge in [0.15, 0.2) is 0 Å². The highest BCUT2D eigenvalue weighted by Crippen LogP contribution is 2.34. The van der Waals surface area contributed by atoms with Crippen LogP contribution in [0.1, 0.15) is 11.3 Å². The number of fused-ring (bicyclic) bond motifs is 1. The molecule has 0 spiro atoms. The van der Waals surface area contributed by atoms with Crippen molar-refractivity contribution in [2.24, 2.45) is 0 Å². The molecule has 0 bridgehead atoms. The monoisotopic (exact) mass is 272 g/mol. The number of hydrogen-bond donors (Lipinski definition) is 1. The minimum atomic E-state index is 0.782. The maximum absolute atomic E-state index is 4.90. The molecule has 4 nitrogen and oxygen atoms in total. The van der Waals surface area contributed by atoms with Gasteiger partial charge in [0.2, 0.25) is 0 Å². The van der Waals surface area contributed by atoms with E-state index in [-0.39, 0.29) is 0 Å². The Balaban J connectivity index is 2.85. The smallest absolute Gasteiger partial charge is 0.0960 e. The maximum atomic E-state index is 4.90. The topological polar surface area (TPSA) is 31.4 Å². The first-order valence-electron chi connectivity index (χ1n) is 6.88. The molecule has 0 aliphatic rings. The van der Waals surface area contributed by atoms with Crippen molar-refractivity contribution in [1.29, 1.82) is 0 Å². The van der Waals surface area contributed by atoms with E-state index in [1.165, 1.54) is 16.6 Å². The lowest BCUT2D eigenvalue weighted by atomic mass is 10.0. The molecule has 2 aromatic rings. The molecule has 1 heterocycles. The van der Waals surface area contributed by atoms with Crippen molar-refractivity contribution in [2.45, 2.75) is 13.5 Å². The molecule has 20 heavy (non-hydrogen) atoms. The molecule has 0 atom stereocenters. The van der Waals surface area contributed by atoms with E-state index in [0.717, 1.165) is 23.4 Å². The second-order valence-corrected chi connectivity index (χ2v) is 5.52. The van der Waals surface area contributed by atoms with Gasteiger partial charge in [-0.3, -0.25) is 0 Å². The first kappa shape index (κ1) is 14.6. The summed E-state index contributed by atoms with van der Waals surface area (Å²) >= 11 is 0. The summed E-state index contributed by atoms with van der Waals surface area (Å²) in [4.78, 5) is 9.19. The van der Waals surface area contributed by atoms with E-state index in [2.05, 4.69) is 68.4 Å². The van der Waals surface area contributed by atoms with Gasteiger partial charge in [0.05, 0.1) is 22.6 Å². The summed E-state index contributed by atoms with van der Waals surface area (Å²) in [5, 5.41) is 4.42. The van der Waals surface area contributed by atoms with Crippen LogP contribution in [0, 0.1) is 6.92 Å². The zero-order valence-corrected chi connectivity index (χ0v) is 13.3. The van der Waals surface area contributed by atoms with Gasteiger partial charge >= 0.3 is 0 Å². The lowest BCUT2D eigenvalue weighted by Crippen LogP contribution is -2.17. The van der Waals surface area contributed by atoms with Crippen LogP contribution < -0.4 is 15.1 Å². The Morgan fingerprint density at radius 2 is 1.80 bits per heavy atom. The predicted octanol–water partition coefficient (Wildman–Crippen LogP) is 2.39. The summed E-state index contributed by atoms with van der Waals surface area (Å²) in [6, 6.07) is 6.37. The lowest BCUT2D eigenvalue weighted by Gasteiger charge is -2.23. The predicted molar refractivity (Wildman–Crippen MR) is 87.9 cm³/mol. The van der Waals surface area contributed by atoms with Crippen molar-refractivity contribution in [3.8, 4) is 0 Å². The molecule has 1 aromatic carbocycles. The molecule has 0 aliphatic heterocycles. The highest BCUT2D eigenvalue weighted by Gasteiger charge is 2.15. The number of benzene rings is 1. The van der Waals surface area contributed by atoms with Gasteiger partial charge in [0.25, 0.3) is 0 Å². The average Bonchev–Trinajstić information content (AvgIpc) is 2.38. The first-order valence-corrected chi connectivity index (χ1v) is 6.88. The third-order valence-corrected chi connectivity index (χ3v) is 3.58. The van der Waals surface area contributed by atoms with Crippen molar-refractivity contribution in [3.63, 3.8) is 0 Å². The molecular weight excluding hydrogens is 248 g/mol. The summed E-state index contributed by atoms with van der Waals surface area (Å²) in [6.45, 7) is 2.93. The largest absolute Gasteiger partial charge is 0.377 e. The molecule has 1 N–H and O–H groups in total. The quantitative estimate of drug-likeness (QED) is 0.926. The molecule has 4 heteroatoms. The molecule has 0 unspecified atom stereocenters. The standard InChI is InChI=1S/C16H24N4/c1-11-13(10-17-2)18-15-12(16(11)20(5)6)8-7-9-14(15)19(3)4/h7-9,17H,10H2,1-6H3. The Bertz CT molecular complexity index is 617. The molecular formula is C16H24N4. The van der Waals surface area contributed by atoms with Gasteiger partial charge in [-0.25, -0.2) is 4.98 Å². The van der Waals surface area contributed by atoms with Gasteiger partial charge in [0.1, 0.15) is 0 Å². The fourth-order valence-electron chi connectivity index (χ4n) is 2.67. The van der Waals surface area contributed by atoms with Crippen LogP contribution in [-0.2, 0) is 6.54 Å². The van der Waals surface area contributed by atoms with Gasteiger partial charge in [-0.2, -0.15) is 0 Å². The number of nitrogens with one attached hydrogen (secondary N) is 1. The third kappa shape index (κ3) is 2.43. The molecule has 0 aliphatic carbocycles. The Kier molecular flexibility index (Phi) is 4.14. The summed E-state index contributed by atoms with van der Waals surface area (Å²) in [6.07, 6.45) is 0. The van der Waals surface area contributed by atoms with Crippen LogP contribution in [0.15, 0.2) is 18.2 Å².